The summed E-state index contributed by atoms with van der Waals surface area (Å²) in [6.45, 7) is 0.799. The van der Waals surface area contributed by atoms with Gasteiger partial charge in [0, 0.05) is 41.6 Å². The van der Waals surface area contributed by atoms with E-state index in [1.165, 1.54) is 0 Å². The van der Waals surface area contributed by atoms with Gasteiger partial charge in [0.15, 0.2) is 11.6 Å². The zero-order valence-corrected chi connectivity index (χ0v) is 27.0. The average Bonchev–Trinajstić information content (AvgIpc) is 3.47. The number of amides is 1. The predicted molar refractivity (Wildman–Crippen MR) is 183 cm³/mol. The van der Waals surface area contributed by atoms with E-state index < -0.39 is 11.6 Å². The Bertz CT molecular complexity index is 1680. The quantitative estimate of drug-likeness (QED) is 0.137. The Labute approximate surface area is 279 Å². The minimum atomic E-state index is -1.34. The third-order valence-electron chi connectivity index (χ3n) is 7.66. The van der Waals surface area contributed by atoms with Crippen LogP contribution in [0.4, 0.5) is 0 Å². The van der Waals surface area contributed by atoms with Crippen LogP contribution in [0, 0.1) is 0 Å². The summed E-state index contributed by atoms with van der Waals surface area (Å²) >= 11 is 12.5. The fourth-order valence-electron chi connectivity index (χ4n) is 5.25. The molecule has 5 rings (SSSR count). The number of ether oxygens (including phenoxy) is 3. The van der Waals surface area contributed by atoms with Crippen molar-refractivity contribution < 1.29 is 24.1 Å². The van der Waals surface area contributed by atoms with E-state index in [1.54, 1.807) is 19.2 Å². The number of hydrogen-bond donors (Lipinski definition) is 2. The number of halogens is 2. The number of aliphatic hydroxyl groups is 1. The van der Waals surface area contributed by atoms with Crippen molar-refractivity contribution in [2.24, 2.45) is 4.99 Å². The molecule has 7 nitrogen and oxygen atoms in total. The van der Waals surface area contributed by atoms with Crippen molar-refractivity contribution in [2.75, 3.05) is 26.9 Å². The summed E-state index contributed by atoms with van der Waals surface area (Å²) in [5.41, 5.74) is 2.01. The minimum absolute atomic E-state index is 0.0595. The summed E-state index contributed by atoms with van der Waals surface area (Å²) in [6, 6.07) is 30.1. The van der Waals surface area contributed by atoms with Gasteiger partial charge >= 0.3 is 0 Å². The molecule has 1 aliphatic rings. The number of carbonyl (C=O) groups excluding carboxylic acids is 1. The summed E-state index contributed by atoms with van der Waals surface area (Å²) in [7, 11) is 1.60. The summed E-state index contributed by atoms with van der Waals surface area (Å²) in [4.78, 5) is 19.5. The number of methoxy groups -OCH3 is 1. The van der Waals surface area contributed by atoms with Gasteiger partial charge in [-0.1, -0.05) is 83.9 Å². The van der Waals surface area contributed by atoms with Gasteiger partial charge < -0.3 is 24.6 Å². The normalized spacial score (nSPS) is 17.4. The minimum Gasteiger partial charge on any atom is -0.497 e. The van der Waals surface area contributed by atoms with Gasteiger partial charge in [-0.05, 0) is 71.6 Å². The molecule has 0 unspecified atom stereocenters. The lowest BCUT2D eigenvalue weighted by Gasteiger charge is -2.30. The number of carbonyl (C=O) groups is 1. The van der Waals surface area contributed by atoms with Crippen LogP contribution < -0.4 is 14.8 Å². The van der Waals surface area contributed by atoms with Gasteiger partial charge in [0.25, 0.3) is 5.91 Å². The van der Waals surface area contributed by atoms with E-state index in [2.05, 4.69) is 5.32 Å². The molecule has 0 fully saturated rings. The maximum absolute atomic E-state index is 14.4. The monoisotopic (exact) mass is 658 g/mol. The van der Waals surface area contributed by atoms with E-state index >= 15 is 0 Å². The van der Waals surface area contributed by atoms with Crippen LogP contribution in [0.2, 0.25) is 10.0 Å². The first-order valence-electron chi connectivity index (χ1n) is 15.1. The lowest BCUT2D eigenvalue weighted by atomic mass is 9.84. The molecule has 46 heavy (non-hydrogen) atoms. The SMILES string of the molecule is COc1cccc([C@H]2OC(c3ccc(OCCCO)cc3)=N[C@@]2(C/C=C/c2ccccc2)C(=O)NCCc2ccc(Cl)cc2Cl)c1. The standard InChI is InChI=1S/C37H36Cl2N2O5/c1-44-32-12-5-11-29(24-32)34-37(20-6-10-26-8-3-2-4-9-26,36(43)40-21-19-27-13-16-30(38)25-33(27)39)41-35(46-34)28-14-17-31(18-15-28)45-23-7-22-42/h2-6,8-18,24-25,34,42H,7,19-23H2,1H3,(H,40,43)/b10-6+/t34-,37-/m1/s1. The summed E-state index contributed by atoms with van der Waals surface area (Å²) < 4.78 is 17.8. The molecule has 4 aromatic rings. The van der Waals surface area contributed by atoms with Crippen LogP contribution >= 0.6 is 23.2 Å². The zero-order chi connectivity index (χ0) is 32.4. The molecule has 2 atom stereocenters. The highest BCUT2D eigenvalue weighted by Crippen LogP contribution is 2.43. The van der Waals surface area contributed by atoms with Crippen molar-refractivity contribution in [3.05, 3.63) is 135 Å². The van der Waals surface area contributed by atoms with Gasteiger partial charge in [-0.3, -0.25) is 4.79 Å². The molecule has 0 aromatic heterocycles. The highest BCUT2D eigenvalue weighted by Gasteiger charge is 2.52. The summed E-state index contributed by atoms with van der Waals surface area (Å²) in [6.07, 6.45) is 4.51. The Morgan fingerprint density at radius 1 is 1.00 bits per heavy atom. The maximum atomic E-state index is 14.4. The van der Waals surface area contributed by atoms with E-state index in [4.69, 9.17) is 47.5 Å². The van der Waals surface area contributed by atoms with Gasteiger partial charge in [-0.15, -0.1) is 0 Å². The lowest BCUT2D eigenvalue weighted by molar-refractivity contribution is -0.128. The lowest BCUT2D eigenvalue weighted by Crippen LogP contribution is -2.48. The van der Waals surface area contributed by atoms with Gasteiger partial charge in [0.2, 0.25) is 5.90 Å². The molecule has 0 bridgehead atoms. The van der Waals surface area contributed by atoms with E-state index in [9.17, 15) is 4.79 Å². The fourth-order valence-corrected chi connectivity index (χ4v) is 5.75. The third kappa shape index (κ3) is 8.10. The number of rotatable bonds is 14. The number of aliphatic hydroxyl groups excluding tert-OH is 1. The molecule has 238 valence electrons. The highest BCUT2D eigenvalue weighted by atomic mass is 35.5. The Morgan fingerprint density at radius 3 is 2.54 bits per heavy atom. The summed E-state index contributed by atoms with van der Waals surface area (Å²) in [5.74, 6) is 1.38. The van der Waals surface area contributed by atoms with E-state index in [0.717, 1.165) is 16.7 Å². The average molecular weight is 660 g/mol. The molecule has 0 saturated heterocycles. The summed E-state index contributed by atoms with van der Waals surface area (Å²) in [5, 5.41) is 13.3. The molecular weight excluding hydrogens is 623 g/mol. The second-order valence-electron chi connectivity index (χ2n) is 10.8. The molecule has 2 N–H and O–H groups in total. The Kier molecular flexibility index (Phi) is 11.4. The van der Waals surface area contributed by atoms with Crippen LogP contribution in [0.15, 0.2) is 108 Å². The number of hydrogen-bond acceptors (Lipinski definition) is 6. The topological polar surface area (TPSA) is 89.4 Å². The molecule has 0 radical (unpaired) electrons. The first-order valence-corrected chi connectivity index (χ1v) is 15.9. The van der Waals surface area contributed by atoms with Crippen molar-refractivity contribution in [2.45, 2.75) is 30.9 Å². The second kappa shape index (κ2) is 15.8. The Morgan fingerprint density at radius 2 is 1.80 bits per heavy atom. The maximum Gasteiger partial charge on any atom is 0.252 e. The van der Waals surface area contributed by atoms with Crippen molar-refractivity contribution in [3.8, 4) is 11.5 Å². The third-order valence-corrected chi connectivity index (χ3v) is 8.25. The highest BCUT2D eigenvalue weighted by molar-refractivity contribution is 6.35. The Balaban J connectivity index is 1.50. The number of benzene rings is 4. The van der Waals surface area contributed by atoms with Gasteiger partial charge in [0.1, 0.15) is 11.5 Å². The van der Waals surface area contributed by atoms with Gasteiger partial charge in [-0.2, -0.15) is 0 Å². The van der Waals surface area contributed by atoms with Crippen LogP contribution in [0.3, 0.4) is 0 Å². The first-order chi connectivity index (χ1) is 22.4. The zero-order valence-electron chi connectivity index (χ0n) is 25.5. The number of nitrogens with zero attached hydrogens (tertiary/aromatic N) is 1. The molecule has 4 aromatic carbocycles. The van der Waals surface area contributed by atoms with Crippen molar-refractivity contribution in [1.82, 2.24) is 5.32 Å². The fraction of sp³-hybridized carbons (Fsp3) is 0.243. The van der Waals surface area contributed by atoms with Crippen LogP contribution in [0.1, 0.15) is 41.2 Å². The molecule has 0 saturated carbocycles. The first kappa shape index (κ1) is 33.1. The van der Waals surface area contributed by atoms with E-state index in [-0.39, 0.29) is 18.9 Å². The molecular formula is C37H36Cl2N2O5. The molecule has 1 aliphatic heterocycles. The molecule has 1 amide bonds. The van der Waals surface area contributed by atoms with Crippen LogP contribution in [-0.4, -0.2) is 49.3 Å². The van der Waals surface area contributed by atoms with Gasteiger partial charge in [0.05, 0.1) is 13.7 Å². The van der Waals surface area contributed by atoms with Crippen LogP contribution in [-0.2, 0) is 16.0 Å². The number of nitrogens with one attached hydrogen (secondary N) is 1. The van der Waals surface area contributed by atoms with Crippen LogP contribution in [0.5, 0.6) is 11.5 Å². The molecule has 0 aliphatic carbocycles. The smallest absolute Gasteiger partial charge is 0.252 e. The van der Waals surface area contributed by atoms with Gasteiger partial charge in [-0.25, -0.2) is 4.99 Å². The second-order valence-corrected chi connectivity index (χ2v) is 11.7. The molecule has 1 heterocycles. The Hall–Kier alpha value is -4.30. The van der Waals surface area contributed by atoms with E-state index in [0.29, 0.717) is 59.0 Å². The predicted octanol–water partition coefficient (Wildman–Crippen LogP) is 7.48. The van der Waals surface area contributed by atoms with Crippen molar-refractivity contribution in [1.29, 1.82) is 0 Å². The van der Waals surface area contributed by atoms with Crippen molar-refractivity contribution >= 4 is 41.1 Å². The number of aliphatic imine (C=N–C) groups is 1. The largest absolute Gasteiger partial charge is 0.497 e. The molecule has 9 heteroatoms. The molecule has 0 spiro atoms. The van der Waals surface area contributed by atoms with Crippen molar-refractivity contribution in [3.63, 3.8) is 0 Å². The van der Waals surface area contributed by atoms with Crippen LogP contribution in [0.25, 0.3) is 6.08 Å². The van der Waals surface area contributed by atoms with E-state index in [1.807, 2.05) is 97.1 Å².